The zero-order chi connectivity index (χ0) is 26.6. The number of aliphatic imine (C=N–C) groups is 1. The number of aldehydes is 1. The van der Waals surface area contributed by atoms with Gasteiger partial charge in [-0.2, -0.15) is 5.10 Å². The quantitative estimate of drug-likeness (QED) is 0.173. The molecule has 2 aromatic rings. The molecule has 10 nitrogen and oxygen atoms in total. The number of ether oxygens (including phenoxy) is 2. The van der Waals surface area contributed by atoms with Crippen LogP contribution in [0, 0.1) is 0 Å². The minimum Gasteiger partial charge on any atom is -0.487 e. The van der Waals surface area contributed by atoms with Crippen LogP contribution in [-0.4, -0.2) is 74.4 Å². The van der Waals surface area contributed by atoms with E-state index in [2.05, 4.69) is 15.4 Å². The highest BCUT2D eigenvalue weighted by Gasteiger charge is 2.37. The molecule has 1 aliphatic heterocycles. The highest BCUT2D eigenvalue weighted by Crippen LogP contribution is 2.33. The molecule has 2 amide bonds. The van der Waals surface area contributed by atoms with Crippen molar-refractivity contribution >= 4 is 30.0 Å². The van der Waals surface area contributed by atoms with Crippen molar-refractivity contribution in [2.45, 2.75) is 37.9 Å². The molecule has 0 bridgehead atoms. The Hall–Kier alpha value is -4.05. The maximum Gasteiger partial charge on any atom is 0.255 e. The minimum atomic E-state index is -0.751. The standard InChI is InChI=1S/C27H33N5O5/c1-29-26(34)24(11-7-13-33)32-16-23-22(27(32)35)10-6-12-25(23)37-18-21(31-28)15-30-20(17-36-2)14-19-8-4-3-5-9-19/h3-6,8-10,12-13,15,20,24H,7,11,14,16-18,28H2,1-2H3,(H,29,34)/t20-,24?/m1/s1. The van der Waals surface area contributed by atoms with Crippen molar-refractivity contribution < 1.29 is 23.9 Å². The smallest absolute Gasteiger partial charge is 0.255 e. The van der Waals surface area contributed by atoms with E-state index in [1.807, 2.05) is 30.3 Å². The zero-order valence-corrected chi connectivity index (χ0v) is 21.1. The molecule has 37 heavy (non-hydrogen) atoms. The van der Waals surface area contributed by atoms with Gasteiger partial charge in [0.15, 0.2) is 0 Å². The maximum absolute atomic E-state index is 13.1. The fourth-order valence-corrected chi connectivity index (χ4v) is 4.22. The Kier molecular flexibility index (Phi) is 10.3. The lowest BCUT2D eigenvalue weighted by Crippen LogP contribution is -2.46. The number of methoxy groups -OCH3 is 1. The molecule has 3 rings (SSSR count). The Bertz CT molecular complexity index is 1140. The van der Waals surface area contributed by atoms with Crippen molar-refractivity contribution in [2.24, 2.45) is 15.9 Å². The van der Waals surface area contributed by atoms with Crippen molar-refractivity contribution in [2.75, 3.05) is 27.4 Å². The van der Waals surface area contributed by atoms with Crippen molar-refractivity contribution in [3.05, 3.63) is 65.2 Å². The third-order valence-corrected chi connectivity index (χ3v) is 6.08. The fraction of sp³-hybridized carbons (Fsp3) is 0.370. The van der Waals surface area contributed by atoms with E-state index < -0.39 is 6.04 Å². The Morgan fingerprint density at radius 1 is 1.22 bits per heavy atom. The van der Waals surface area contributed by atoms with Crippen molar-refractivity contribution in [1.29, 1.82) is 0 Å². The van der Waals surface area contributed by atoms with Crippen LogP contribution in [0.3, 0.4) is 0 Å². The number of carbonyl (C=O) groups excluding carboxylic acids is 3. The van der Waals surface area contributed by atoms with Crippen LogP contribution in [0.2, 0.25) is 0 Å². The van der Waals surface area contributed by atoms with E-state index in [4.69, 9.17) is 15.3 Å². The first-order valence-corrected chi connectivity index (χ1v) is 12.1. The summed E-state index contributed by atoms with van der Waals surface area (Å²) in [4.78, 5) is 42.5. The normalized spacial score (nSPS) is 14.9. The van der Waals surface area contributed by atoms with Crippen LogP contribution in [0.15, 0.2) is 58.6 Å². The number of nitrogens with zero attached hydrogens (tertiary/aromatic N) is 3. The molecule has 196 valence electrons. The summed E-state index contributed by atoms with van der Waals surface area (Å²) in [5, 5.41) is 6.37. The molecular formula is C27H33N5O5. The van der Waals surface area contributed by atoms with Gasteiger partial charge in [-0.1, -0.05) is 36.4 Å². The number of nitrogens with one attached hydrogen (secondary N) is 1. The number of amides is 2. The molecule has 1 aliphatic rings. The van der Waals surface area contributed by atoms with Crippen LogP contribution in [0.4, 0.5) is 0 Å². The molecule has 0 aliphatic carbocycles. The summed E-state index contributed by atoms with van der Waals surface area (Å²) in [7, 11) is 3.13. The number of hydrogen-bond donors (Lipinski definition) is 2. The summed E-state index contributed by atoms with van der Waals surface area (Å²) in [5.74, 6) is 5.48. The van der Waals surface area contributed by atoms with E-state index in [1.54, 1.807) is 31.5 Å². The van der Waals surface area contributed by atoms with Gasteiger partial charge >= 0.3 is 0 Å². The van der Waals surface area contributed by atoms with E-state index in [9.17, 15) is 14.4 Å². The average molecular weight is 508 g/mol. The molecule has 0 saturated carbocycles. The molecular weight excluding hydrogens is 474 g/mol. The van der Waals surface area contributed by atoms with Gasteiger partial charge in [0.2, 0.25) is 5.91 Å². The van der Waals surface area contributed by atoms with Gasteiger partial charge in [-0.25, -0.2) is 0 Å². The van der Waals surface area contributed by atoms with Gasteiger partial charge < -0.3 is 30.3 Å². The molecule has 0 aromatic heterocycles. The van der Waals surface area contributed by atoms with Gasteiger partial charge in [0.25, 0.3) is 5.91 Å². The van der Waals surface area contributed by atoms with Gasteiger partial charge in [-0.15, -0.1) is 0 Å². The van der Waals surface area contributed by atoms with Gasteiger partial charge in [0.05, 0.1) is 19.2 Å². The van der Waals surface area contributed by atoms with Gasteiger partial charge in [0, 0.05) is 37.9 Å². The maximum atomic E-state index is 13.1. The van der Waals surface area contributed by atoms with Crippen LogP contribution in [0.5, 0.6) is 5.75 Å². The number of fused-ring (bicyclic) bond motifs is 1. The Morgan fingerprint density at radius 3 is 2.68 bits per heavy atom. The van der Waals surface area contributed by atoms with E-state index in [-0.39, 0.29) is 43.8 Å². The number of likely N-dealkylation sites (N-methyl/N-ethyl adjacent to an activating group) is 1. The predicted molar refractivity (Wildman–Crippen MR) is 141 cm³/mol. The van der Waals surface area contributed by atoms with Gasteiger partial charge in [-0.05, 0) is 30.5 Å². The second-order valence-corrected chi connectivity index (χ2v) is 8.58. The van der Waals surface area contributed by atoms with E-state index in [1.165, 1.54) is 11.9 Å². The second kappa shape index (κ2) is 13.9. The lowest BCUT2D eigenvalue weighted by molar-refractivity contribution is -0.125. The topological polar surface area (TPSA) is 136 Å². The largest absolute Gasteiger partial charge is 0.487 e. The molecule has 3 N–H and O–H groups in total. The minimum absolute atomic E-state index is 0.0414. The van der Waals surface area contributed by atoms with Crippen LogP contribution in [0.1, 0.15) is 34.3 Å². The third kappa shape index (κ3) is 7.23. The first-order valence-electron chi connectivity index (χ1n) is 12.1. The molecule has 1 heterocycles. The molecule has 2 atom stereocenters. The van der Waals surface area contributed by atoms with Crippen molar-refractivity contribution in [1.82, 2.24) is 10.2 Å². The lowest BCUT2D eigenvalue weighted by atomic mass is 10.1. The number of hydrazone groups is 1. The Morgan fingerprint density at radius 2 is 2.00 bits per heavy atom. The second-order valence-electron chi connectivity index (χ2n) is 8.58. The van der Waals surface area contributed by atoms with Crippen LogP contribution in [0.25, 0.3) is 0 Å². The molecule has 2 aromatic carbocycles. The highest BCUT2D eigenvalue weighted by molar-refractivity contribution is 6.31. The van der Waals surface area contributed by atoms with E-state index in [0.29, 0.717) is 35.6 Å². The third-order valence-electron chi connectivity index (χ3n) is 6.08. The number of hydrogen-bond acceptors (Lipinski definition) is 8. The summed E-state index contributed by atoms with van der Waals surface area (Å²) >= 11 is 0. The molecule has 0 radical (unpaired) electrons. The van der Waals surface area contributed by atoms with E-state index >= 15 is 0 Å². The molecule has 10 heteroatoms. The Balaban J connectivity index is 1.70. The summed E-state index contributed by atoms with van der Waals surface area (Å²) < 4.78 is 11.3. The van der Waals surface area contributed by atoms with Crippen molar-refractivity contribution in [3.8, 4) is 5.75 Å². The van der Waals surface area contributed by atoms with Crippen molar-refractivity contribution in [3.63, 3.8) is 0 Å². The summed E-state index contributed by atoms with van der Waals surface area (Å²) in [5.41, 5.74) is 2.69. The summed E-state index contributed by atoms with van der Waals surface area (Å²) in [6.07, 6.45) is 3.43. The lowest BCUT2D eigenvalue weighted by Gasteiger charge is -2.25. The SMILES string of the molecule is CNC(=O)C(CCC=O)N1Cc2c(OCC(C=N[C@@H](COC)Cc3ccccc3)=NN)cccc2C1=O. The van der Waals surface area contributed by atoms with Crippen LogP contribution in [-0.2, 0) is 27.3 Å². The molecule has 0 saturated heterocycles. The molecule has 0 fully saturated rings. The summed E-state index contributed by atoms with van der Waals surface area (Å²) in [6, 6.07) is 14.3. The highest BCUT2D eigenvalue weighted by atomic mass is 16.5. The van der Waals surface area contributed by atoms with Gasteiger partial charge in [-0.3, -0.25) is 14.6 Å². The number of carbonyl (C=O) groups is 3. The summed E-state index contributed by atoms with van der Waals surface area (Å²) in [6.45, 7) is 0.669. The van der Waals surface area contributed by atoms with Crippen LogP contribution >= 0.6 is 0 Å². The van der Waals surface area contributed by atoms with Gasteiger partial charge in [0.1, 0.15) is 30.4 Å². The zero-order valence-electron chi connectivity index (χ0n) is 21.1. The fourth-order valence-electron chi connectivity index (χ4n) is 4.22. The molecule has 1 unspecified atom stereocenters. The number of nitrogens with two attached hydrogens (primary N) is 1. The van der Waals surface area contributed by atoms with E-state index in [0.717, 1.165) is 11.8 Å². The monoisotopic (exact) mass is 507 g/mol. The first kappa shape index (κ1) is 27.5. The first-order chi connectivity index (χ1) is 18.0. The Labute approximate surface area is 216 Å². The predicted octanol–water partition coefficient (Wildman–Crippen LogP) is 1.76. The number of benzene rings is 2. The molecule has 0 spiro atoms. The number of rotatable bonds is 14. The van der Waals surface area contributed by atoms with Crippen LogP contribution < -0.4 is 15.9 Å². The average Bonchev–Trinajstić information content (AvgIpc) is 3.26.